The van der Waals surface area contributed by atoms with Crippen LogP contribution in [0.15, 0.2) is 16.9 Å². The molecule has 1 fully saturated rings. The fourth-order valence-electron chi connectivity index (χ4n) is 0.859. The van der Waals surface area contributed by atoms with Gasteiger partial charge >= 0.3 is 0 Å². The molecule has 0 amide bonds. The lowest BCUT2D eigenvalue weighted by Crippen LogP contribution is -2.33. The summed E-state index contributed by atoms with van der Waals surface area (Å²) in [6, 6.07) is 1.68. The predicted octanol–water partition coefficient (Wildman–Crippen LogP) is 1.01. The van der Waals surface area contributed by atoms with Crippen LogP contribution in [0.1, 0.15) is 36.0 Å². The van der Waals surface area contributed by atoms with E-state index >= 15 is 0 Å². The summed E-state index contributed by atoms with van der Waals surface area (Å²) in [5, 5.41) is 5.30. The first kappa shape index (κ1) is 2.62. The third kappa shape index (κ3) is 1.95. The molecular weight excluding hydrogens is 178 g/mol. The normalized spacial score (nSPS) is 48.7. The van der Waals surface area contributed by atoms with Gasteiger partial charge in [0.05, 0.1) is 0 Å². The van der Waals surface area contributed by atoms with E-state index < -0.39 is 49.9 Å². The van der Waals surface area contributed by atoms with Crippen molar-refractivity contribution < 1.29 is 16.4 Å². The Kier molecular flexibility index (Phi) is 0.715. The van der Waals surface area contributed by atoms with Crippen LogP contribution in [-0.2, 0) is 0 Å². The maximum absolute atomic E-state index is 11.1. The predicted molar refractivity (Wildman–Crippen MR) is 55.5 cm³/mol. The van der Waals surface area contributed by atoms with Gasteiger partial charge in [0.1, 0.15) is 5.82 Å². The van der Waals surface area contributed by atoms with E-state index in [0.717, 1.165) is 12.1 Å². The van der Waals surface area contributed by atoms with Crippen molar-refractivity contribution in [1.29, 1.82) is 0 Å². The van der Waals surface area contributed by atoms with Gasteiger partial charge in [-0.1, -0.05) is 6.85 Å². The van der Waals surface area contributed by atoms with Crippen LogP contribution < -0.4 is 10.5 Å². The van der Waals surface area contributed by atoms with Gasteiger partial charge in [0.25, 0.3) is 5.56 Å². The maximum atomic E-state index is 11.1. The topological polar surface area (TPSA) is 49.0 Å². The number of piperidine rings is 1. The van der Waals surface area contributed by atoms with E-state index in [2.05, 4.69) is 5.10 Å². The third-order valence-electron chi connectivity index (χ3n) is 1.48. The van der Waals surface area contributed by atoms with Crippen molar-refractivity contribution in [3.63, 3.8) is 0 Å². The van der Waals surface area contributed by atoms with Gasteiger partial charge in [0, 0.05) is 35.5 Å². The van der Waals surface area contributed by atoms with E-state index in [1.165, 1.54) is 0 Å². The summed E-state index contributed by atoms with van der Waals surface area (Å²) in [5.74, 6) is -4.46. The zero-order chi connectivity index (χ0) is 20.6. The van der Waals surface area contributed by atoms with Crippen LogP contribution >= 0.6 is 0 Å². The van der Waals surface area contributed by atoms with Crippen LogP contribution in [0.5, 0.6) is 0 Å². The summed E-state index contributed by atoms with van der Waals surface area (Å²) >= 11 is 0. The SMILES string of the molecule is [2H]C([2H])([2H])C1([2H])C([2H])([2H])C([2H])([2H])N(c2ccc(=O)[nH]n2)C([2H])([2H])C1([2H])[2H]. The molecule has 0 spiro atoms. The minimum absolute atomic E-state index is 0.0194. The Labute approximate surface area is 99.8 Å². The van der Waals surface area contributed by atoms with Crippen LogP contribution in [0.2, 0.25) is 0 Å². The minimum Gasteiger partial charge on any atom is -0.355 e. The lowest BCUT2D eigenvalue weighted by molar-refractivity contribution is 0.436. The fourth-order valence-corrected chi connectivity index (χ4v) is 0.859. The molecule has 0 saturated carbocycles. The number of hydrogen-bond acceptors (Lipinski definition) is 3. The molecule has 4 heteroatoms. The zero-order valence-corrected chi connectivity index (χ0v) is 6.96. The molecule has 0 atom stereocenters. The molecule has 0 aromatic carbocycles. The average Bonchev–Trinajstić information content (AvgIpc) is 2.45. The Morgan fingerprint density at radius 3 is 3.07 bits per heavy atom. The van der Waals surface area contributed by atoms with Gasteiger partial charge in [0.15, 0.2) is 0 Å². The first-order valence-corrected chi connectivity index (χ1v) is 3.73. The molecule has 0 aliphatic carbocycles. The maximum Gasteiger partial charge on any atom is 0.264 e. The van der Waals surface area contributed by atoms with E-state index in [4.69, 9.17) is 16.4 Å². The minimum atomic E-state index is -3.79. The van der Waals surface area contributed by atoms with Crippen molar-refractivity contribution in [2.24, 2.45) is 5.89 Å². The Morgan fingerprint density at radius 1 is 1.71 bits per heavy atom. The molecule has 4 nitrogen and oxygen atoms in total. The van der Waals surface area contributed by atoms with Crippen molar-refractivity contribution in [1.82, 2.24) is 10.2 Å². The monoisotopic (exact) mass is 205 g/mol. The molecule has 0 radical (unpaired) electrons. The zero-order valence-electron chi connectivity index (χ0n) is 19.0. The molecule has 2 heterocycles. The molecule has 2 rings (SSSR count). The fraction of sp³-hybridized carbons (Fsp3) is 0.600. The Morgan fingerprint density at radius 2 is 2.50 bits per heavy atom. The second-order valence-electron chi connectivity index (χ2n) is 2.46. The van der Waals surface area contributed by atoms with Gasteiger partial charge in [-0.15, -0.1) is 0 Å². The van der Waals surface area contributed by atoms with E-state index in [1.807, 2.05) is 5.10 Å². The standard InChI is InChI=1S/C10H15N3O/c1-8-4-6-13(7-5-8)9-2-3-10(14)12-11-9/h2-3,8H,4-7H2,1H3,(H,12,14)/i1D3,4D2,5D2,6D2,7D2,8D. The second-order valence-corrected chi connectivity index (χ2v) is 2.46. The summed E-state index contributed by atoms with van der Waals surface area (Å²) in [6.07, 6.45) is -7.42. The molecule has 1 saturated heterocycles. The van der Waals surface area contributed by atoms with Gasteiger partial charge < -0.3 is 4.90 Å². The Balaban J connectivity index is 2.89. The van der Waals surface area contributed by atoms with Gasteiger partial charge in [0.2, 0.25) is 0 Å². The van der Waals surface area contributed by atoms with Gasteiger partial charge in [-0.25, -0.2) is 5.10 Å². The highest BCUT2D eigenvalue weighted by Crippen LogP contribution is 2.19. The lowest BCUT2D eigenvalue weighted by atomic mass is 9.99. The quantitative estimate of drug-likeness (QED) is 0.744. The number of nitrogens with one attached hydrogen (secondary N) is 1. The number of rotatable bonds is 1. The third-order valence-corrected chi connectivity index (χ3v) is 1.48. The summed E-state index contributed by atoms with van der Waals surface area (Å²) in [5.41, 5.74) is -0.727. The van der Waals surface area contributed by atoms with Crippen molar-refractivity contribution >= 4 is 5.82 Å². The van der Waals surface area contributed by atoms with E-state index in [9.17, 15) is 4.79 Å². The number of aromatic amines is 1. The number of anilines is 1. The highest BCUT2D eigenvalue weighted by Gasteiger charge is 2.16. The highest BCUT2D eigenvalue weighted by molar-refractivity contribution is 5.36. The second kappa shape index (κ2) is 3.82. The molecule has 0 unspecified atom stereocenters. The van der Waals surface area contributed by atoms with Crippen molar-refractivity contribution in [3.8, 4) is 0 Å². The first-order valence-electron chi connectivity index (χ1n) is 9.73. The van der Waals surface area contributed by atoms with Crippen molar-refractivity contribution in [2.75, 3.05) is 17.9 Å². The molecule has 76 valence electrons. The number of nitrogens with zero attached hydrogens (tertiary/aromatic N) is 2. The smallest absolute Gasteiger partial charge is 0.264 e. The van der Waals surface area contributed by atoms with Crippen LogP contribution in [-0.4, -0.2) is 23.2 Å². The number of aromatic nitrogens is 2. The summed E-state index contributed by atoms with van der Waals surface area (Å²) in [6.45, 7) is -10.7. The first-order chi connectivity index (χ1) is 11.4. The molecule has 0 bridgehead atoms. The molecule has 14 heavy (non-hydrogen) atoms. The molecule has 1 aliphatic rings. The largest absolute Gasteiger partial charge is 0.355 e. The number of H-pyrrole nitrogens is 1. The number of hydrogen-bond donors (Lipinski definition) is 1. The molecule has 1 aromatic rings. The molecular formula is C10H15N3O. The van der Waals surface area contributed by atoms with Crippen molar-refractivity contribution in [3.05, 3.63) is 22.5 Å². The molecule has 1 N–H and O–H groups in total. The highest BCUT2D eigenvalue weighted by atomic mass is 16.1. The Hall–Kier alpha value is -1.32. The van der Waals surface area contributed by atoms with Gasteiger partial charge in [-0.2, -0.15) is 5.10 Å². The van der Waals surface area contributed by atoms with Gasteiger partial charge in [-0.3, -0.25) is 4.79 Å². The van der Waals surface area contributed by atoms with Crippen LogP contribution in [0.4, 0.5) is 5.82 Å². The van der Waals surface area contributed by atoms with Crippen LogP contribution in [0.25, 0.3) is 0 Å². The lowest BCUT2D eigenvalue weighted by Gasteiger charge is -2.30. The molecule has 1 aliphatic heterocycles. The van der Waals surface area contributed by atoms with Crippen LogP contribution in [0.3, 0.4) is 0 Å². The summed E-state index contributed by atoms with van der Waals surface area (Å²) in [4.78, 5) is 11.1. The van der Waals surface area contributed by atoms with E-state index in [0.29, 0.717) is 0 Å². The summed E-state index contributed by atoms with van der Waals surface area (Å²) in [7, 11) is 0. The summed E-state index contributed by atoms with van der Waals surface area (Å²) < 4.78 is 94.6. The average molecular weight is 205 g/mol. The van der Waals surface area contributed by atoms with E-state index in [1.54, 1.807) is 0 Å². The van der Waals surface area contributed by atoms with Crippen LogP contribution in [0, 0.1) is 5.89 Å². The van der Waals surface area contributed by atoms with Crippen molar-refractivity contribution in [2.45, 2.75) is 19.6 Å². The molecule has 1 aromatic heterocycles. The van der Waals surface area contributed by atoms with Gasteiger partial charge in [-0.05, 0) is 24.7 Å². The van der Waals surface area contributed by atoms with E-state index in [-0.39, 0.29) is 4.90 Å². The Bertz CT molecular complexity index is 721.